The Morgan fingerprint density at radius 3 is 1.59 bits per heavy atom. The summed E-state index contributed by atoms with van der Waals surface area (Å²) in [5.41, 5.74) is 9.72. The molecular formula is C19H16Cl2N4O2. The van der Waals surface area contributed by atoms with Gasteiger partial charge in [-0.2, -0.15) is 0 Å². The summed E-state index contributed by atoms with van der Waals surface area (Å²) in [6.45, 7) is 0. The molecule has 4 rings (SSSR count). The van der Waals surface area contributed by atoms with E-state index in [2.05, 4.69) is 9.97 Å². The maximum Gasteiger partial charge on any atom is 0.180 e. The Morgan fingerprint density at radius 2 is 1.07 bits per heavy atom. The summed E-state index contributed by atoms with van der Waals surface area (Å²) < 4.78 is 0. The Labute approximate surface area is 167 Å². The fraction of sp³-hybridized carbons (Fsp3) is 0. The molecule has 0 unspecified atom stereocenters. The Morgan fingerprint density at radius 1 is 0.593 bits per heavy atom. The van der Waals surface area contributed by atoms with Crippen LogP contribution in [0.3, 0.4) is 0 Å². The van der Waals surface area contributed by atoms with E-state index >= 15 is 0 Å². The molecular weight excluding hydrogens is 387 g/mol. The predicted octanol–water partition coefficient (Wildman–Crippen LogP) is 4.20. The van der Waals surface area contributed by atoms with Gasteiger partial charge in [-0.25, -0.2) is 15.0 Å². The quantitative estimate of drug-likeness (QED) is 0.463. The number of nitrogens with two attached hydrogens (primary N) is 1. The van der Waals surface area contributed by atoms with Crippen LogP contribution in [0.4, 0.5) is 5.82 Å². The molecule has 0 aliphatic carbocycles. The molecule has 2 heterocycles. The first kappa shape index (κ1) is 20.2. The predicted molar refractivity (Wildman–Crippen MR) is 110 cm³/mol. The van der Waals surface area contributed by atoms with E-state index in [4.69, 9.17) is 10.7 Å². The molecule has 4 N–H and O–H groups in total. The van der Waals surface area contributed by atoms with Crippen molar-refractivity contribution in [3.05, 3.63) is 60.7 Å². The van der Waals surface area contributed by atoms with Crippen LogP contribution in [-0.2, 0) is 0 Å². The highest BCUT2D eigenvalue weighted by molar-refractivity contribution is 5.86. The highest BCUT2D eigenvalue weighted by Crippen LogP contribution is 2.32. The lowest BCUT2D eigenvalue weighted by Crippen LogP contribution is -1.99. The van der Waals surface area contributed by atoms with Crippen molar-refractivity contribution in [1.29, 1.82) is 0 Å². The number of rotatable bonds is 2. The van der Waals surface area contributed by atoms with Gasteiger partial charge in [0.25, 0.3) is 0 Å². The third-order valence-corrected chi connectivity index (χ3v) is 3.83. The second-order valence-electron chi connectivity index (χ2n) is 5.59. The van der Waals surface area contributed by atoms with Crippen LogP contribution >= 0.6 is 24.8 Å². The number of fused-ring (bicyclic) bond motifs is 1. The molecule has 0 bridgehead atoms. The molecule has 0 amide bonds. The Balaban J connectivity index is 0.00000131. The number of pyridine rings is 1. The summed E-state index contributed by atoms with van der Waals surface area (Å²) in [7, 11) is 0. The topological polar surface area (TPSA) is 105 Å². The molecule has 2 aromatic heterocycles. The minimum Gasteiger partial charge on any atom is -0.508 e. The van der Waals surface area contributed by atoms with E-state index in [1.165, 1.54) is 0 Å². The smallest absolute Gasteiger partial charge is 0.180 e. The molecule has 0 spiro atoms. The van der Waals surface area contributed by atoms with Gasteiger partial charge in [0.05, 0.1) is 11.4 Å². The van der Waals surface area contributed by atoms with E-state index in [0.29, 0.717) is 28.4 Å². The first-order chi connectivity index (χ1) is 12.1. The third kappa shape index (κ3) is 4.02. The number of benzene rings is 2. The van der Waals surface area contributed by atoms with Crippen molar-refractivity contribution in [2.24, 2.45) is 0 Å². The molecule has 0 aliphatic heterocycles. The van der Waals surface area contributed by atoms with E-state index in [0.717, 1.165) is 11.1 Å². The SMILES string of the molecule is Cl.Cl.Nc1ccc2nc(-c3ccc(O)cc3)c(-c3ccc(O)cc3)nc2n1. The summed E-state index contributed by atoms with van der Waals surface area (Å²) >= 11 is 0. The van der Waals surface area contributed by atoms with Gasteiger partial charge in [0, 0.05) is 11.1 Å². The van der Waals surface area contributed by atoms with E-state index in [1.807, 2.05) is 0 Å². The van der Waals surface area contributed by atoms with Crippen molar-refractivity contribution in [3.8, 4) is 34.0 Å². The lowest BCUT2D eigenvalue weighted by atomic mass is 10.0. The van der Waals surface area contributed by atoms with Gasteiger partial charge in [-0.1, -0.05) is 0 Å². The second kappa shape index (κ2) is 8.07. The van der Waals surface area contributed by atoms with Crippen molar-refractivity contribution >= 4 is 41.8 Å². The number of halogens is 2. The lowest BCUT2D eigenvalue weighted by molar-refractivity contribution is 0.475. The van der Waals surface area contributed by atoms with Gasteiger partial charge in [-0.3, -0.25) is 0 Å². The van der Waals surface area contributed by atoms with Crippen molar-refractivity contribution in [2.45, 2.75) is 0 Å². The van der Waals surface area contributed by atoms with Crippen LogP contribution in [0.2, 0.25) is 0 Å². The second-order valence-corrected chi connectivity index (χ2v) is 5.59. The number of phenols is 2. The van der Waals surface area contributed by atoms with Crippen molar-refractivity contribution in [2.75, 3.05) is 5.73 Å². The minimum atomic E-state index is 0. The lowest BCUT2D eigenvalue weighted by Gasteiger charge is -2.10. The van der Waals surface area contributed by atoms with E-state index in [1.54, 1.807) is 60.7 Å². The number of aromatic hydroxyl groups is 2. The third-order valence-electron chi connectivity index (χ3n) is 3.83. The fourth-order valence-corrected chi connectivity index (χ4v) is 2.60. The van der Waals surface area contributed by atoms with Crippen LogP contribution < -0.4 is 5.73 Å². The van der Waals surface area contributed by atoms with Gasteiger partial charge in [0.2, 0.25) is 0 Å². The molecule has 4 aromatic rings. The van der Waals surface area contributed by atoms with E-state index < -0.39 is 0 Å². The number of nitrogen functional groups attached to an aromatic ring is 1. The largest absolute Gasteiger partial charge is 0.508 e. The normalized spacial score (nSPS) is 10.1. The number of hydrogen-bond donors (Lipinski definition) is 3. The van der Waals surface area contributed by atoms with Gasteiger partial charge in [0.1, 0.15) is 22.8 Å². The molecule has 0 atom stereocenters. The van der Waals surface area contributed by atoms with Gasteiger partial charge < -0.3 is 15.9 Å². The van der Waals surface area contributed by atoms with Crippen LogP contribution in [-0.4, -0.2) is 25.2 Å². The minimum absolute atomic E-state index is 0. The molecule has 0 saturated heterocycles. The molecule has 6 nitrogen and oxygen atoms in total. The van der Waals surface area contributed by atoms with Crippen molar-refractivity contribution < 1.29 is 10.2 Å². The van der Waals surface area contributed by atoms with Crippen LogP contribution in [0.1, 0.15) is 0 Å². The molecule has 8 heteroatoms. The van der Waals surface area contributed by atoms with Crippen molar-refractivity contribution in [1.82, 2.24) is 15.0 Å². The summed E-state index contributed by atoms with van der Waals surface area (Å²) in [6.07, 6.45) is 0. The first-order valence-electron chi connectivity index (χ1n) is 7.63. The summed E-state index contributed by atoms with van der Waals surface area (Å²) in [4.78, 5) is 13.6. The average molecular weight is 403 g/mol. The maximum absolute atomic E-state index is 9.54. The number of anilines is 1. The molecule has 0 saturated carbocycles. The average Bonchev–Trinajstić information content (AvgIpc) is 2.62. The van der Waals surface area contributed by atoms with Gasteiger partial charge in [-0.05, 0) is 60.7 Å². The number of hydrogen-bond acceptors (Lipinski definition) is 6. The highest BCUT2D eigenvalue weighted by Gasteiger charge is 2.14. The Kier molecular flexibility index (Phi) is 6.05. The first-order valence-corrected chi connectivity index (χ1v) is 7.63. The van der Waals surface area contributed by atoms with Gasteiger partial charge in [0.15, 0.2) is 5.65 Å². The molecule has 138 valence electrons. The maximum atomic E-state index is 9.54. The van der Waals surface area contributed by atoms with Crippen LogP contribution in [0, 0.1) is 0 Å². The summed E-state index contributed by atoms with van der Waals surface area (Å²) in [5.74, 6) is 0.722. The zero-order valence-electron chi connectivity index (χ0n) is 13.9. The molecule has 0 aliphatic rings. The zero-order valence-corrected chi connectivity index (χ0v) is 15.5. The van der Waals surface area contributed by atoms with Crippen molar-refractivity contribution in [3.63, 3.8) is 0 Å². The standard InChI is InChI=1S/C19H14N4O2.2ClH/c20-16-10-9-15-19(22-16)23-18(12-3-7-14(25)8-4-12)17(21-15)11-1-5-13(24)6-2-11;;/h1-10,24-25H,(H2,20,22,23);2*1H. The molecule has 27 heavy (non-hydrogen) atoms. The fourth-order valence-electron chi connectivity index (χ4n) is 2.60. The van der Waals surface area contributed by atoms with Crippen LogP contribution in [0.5, 0.6) is 11.5 Å². The van der Waals surface area contributed by atoms with E-state index in [-0.39, 0.29) is 36.3 Å². The monoisotopic (exact) mass is 402 g/mol. The summed E-state index contributed by atoms with van der Waals surface area (Å²) in [5, 5.41) is 19.1. The molecule has 0 fully saturated rings. The Hall–Kier alpha value is -3.09. The van der Waals surface area contributed by atoms with E-state index in [9.17, 15) is 10.2 Å². The van der Waals surface area contributed by atoms with Gasteiger partial charge >= 0.3 is 0 Å². The molecule has 2 aromatic carbocycles. The number of nitrogens with zero attached hydrogens (tertiary/aromatic N) is 3. The summed E-state index contributed by atoms with van der Waals surface area (Å²) in [6, 6.07) is 16.9. The van der Waals surface area contributed by atoms with Crippen LogP contribution in [0.15, 0.2) is 60.7 Å². The molecule has 0 radical (unpaired) electrons. The zero-order chi connectivity index (χ0) is 17.4. The Bertz CT molecular complexity index is 1070. The van der Waals surface area contributed by atoms with Gasteiger partial charge in [-0.15, -0.1) is 24.8 Å². The number of aromatic nitrogens is 3. The highest BCUT2D eigenvalue weighted by atomic mass is 35.5. The number of phenolic OH excluding ortho intramolecular Hbond substituents is 2. The van der Waals surface area contributed by atoms with Crippen LogP contribution in [0.25, 0.3) is 33.7 Å².